The number of anilines is 1. The smallest absolute Gasteiger partial charge is 0.273 e. The Labute approximate surface area is 194 Å². The average Bonchev–Trinajstić information content (AvgIpc) is 3.45. The van der Waals surface area contributed by atoms with Crippen molar-refractivity contribution in [3.63, 3.8) is 0 Å². The molecule has 33 heavy (non-hydrogen) atoms. The lowest BCUT2D eigenvalue weighted by Crippen LogP contribution is -2.40. The van der Waals surface area contributed by atoms with Gasteiger partial charge < -0.3 is 14.5 Å². The second-order valence-electron chi connectivity index (χ2n) is 7.84. The largest absolute Gasteiger partial charge is 0.378 e. The van der Waals surface area contributed by atoms with Crippen LogP contribution in [0.5, 0.6) is 0 Å². The van der Waals surface area contributed by atoms with E-state index in [1.54, 1.807) is 21.2 Å². The minimum Gasteiger partial charge on any atom is -0.378 e. The molecular formula is C24H22N4O4S. The van der Waals surface area contributed by atoms with E-state index in [4.69, 9.17) is 4.74 Å². The third-order valence-electron chi connectivity index (χ3n) is 5.78. The molecule has 0 spiro atoms. The summed E-state index contributed by atoms with van der Waals surface area (Å²) in [6.45, 7) is 2.40. The maximum atomic E-state index is 13.4. The van der Waals surface area contributed by atoms with E-state index in [1.807, 2.05) is 48.5 Å². The van der Waals surface area contributed by atoms with Gasteiger partial charge in [-0.2, -0.15) is 0 Å². The topological polar surface area (TPSA) is 91.8 Å². The lowest BCUT2D eigenvalue weighted by Gasteiger charge is -2.27. The molecule has 0 bridgehead atoms. The molecule has 0 saturated carbocycles. The molecule has 3 heterocycles. The number of amides is 3. The molecule has 2 aliphatic rings. The number of hydrogen-bond donors (Lipinski definition) is 1. The summed E-state index contributed by atoms with van der Waals surface area (Å²) < 4.78 is 5.29. The molecule has 1 unspecified atom stereocenters. The molecule has 3 aromatic rings. The minimum absolute atomic E-state index is 0.181. The highest BCUT2D eigenvalue weighted by Crippen LogP contribution is 2.32. The fourth-order valence-electron chi connectivity index (χ4n) is 4.13. The van der Waals surface area contributed by atoms with E-state index in [9.17, 15) is 14.4 Å². The van der Waals surface area contributed by atoms with Gasteiger partial charge in [0, 0.05) is 30.6 Å². The van der Waals surface area contributed by atoms with Gasteiger partial charge in [0.1, 0.15) is 11.7 Å². The van der Waals surface area contributed by atoms with Crippen molar-refractivity contribution in [1.82, 2.24) is 14.8 Å². The first kappa shape index (κ1) is 21.3. The zero-order valence-corrected chi connectivity index (χ0v) is 18.6. The molecule has 5 rings (SSSR count). The van der Waals surface area contributed by atoms with Gasteiger partial charge in [-0.25, -0.2) is 4.98 Å². The summed E-state index contributed by atoms with van der Waals surface area (Å²) in [7, 11) is 0. The number of thiazole rings is 1. The van der Waals surface area contributed by atoms with Crippen LogP contribution in [0.15, 0.2) is 60.0 Å². The first-order valence-corrected chi connectivity index (χ1v) is 11.6. The van der Waals surface area contributed by atoms with Crippen molar-refractivity contribution in [2.75, 3.05) is 31.6 Å². The second-order valence-corrected chi connectivity index (χ2v) is 8.69. The summed E-state index contributed by atoms with van der Waals surface area (Å²) in [5.74, 6) is -0.737. The van der Waals surface area contributed by atoms with Crippen molar-refractivity contribution >= 4 is 34.2 Å². The van der Waals surface area contributed by atoms with Crippen molar-refractivity contribution < 1.29 is 19.1 Å². The van der Waals surface area contributed by atoms with Gasteiger partial charge in [0.2, 0.25) is 0 Å². The Balaban J connectivity index is 1.37. The van der Waals surface area contributed by atoms with E-state index in [2.05, 4.69) is 10.3 Å². The minimum atomic E-state index is -0.826. The van der Waals surface area contributed by atoms with E-state index in [0.29, 0.717) is 49.1 Å². The van der Waals surface area contributed by atoms with Crippen LogP contribution >= 0.6 is 11.3 Å². The number of nitrogens with one attached hydrogen (secondary N) is 1. The van der Waals surface area contributed by atoms with Crippen LogP contribution in [0.4, 0.5) is 5.13 Å². The van der Waals surface area contributed by atoms with Crippen molar-refractivity contribution in [2.45, 2.75) is 12.6 Å². The molecule has 1 aromatic heterocycles. The van der Waals surface area contributed by atoms with Crippen LogP contribution in [0.3, 0.4) is 0 Å². The molecule has 1 saturated heterocycles. The molecule has 1 atom stereocenters. The van der Waals surface area contributed by atoms with Crippen molar-refractivity contribution in [1.29, 1.82) is 0 Å². The van der Waals surface area contributed by atoms with Gasteiger partial charge in [0.25, 0.3) is 17.7 Å². The maximum absolute atomic E-state index is 13.4. The molecule has 3 amide bonds. The predicted molar refractivity (Wildman–Crippen MR) is 123 cm³/mol. The van der Waals surface area contributed by atoms with Crippen LogP contribution in [-0.4, -0.2) is 58.8 Å². The Hall–Kier alpha value is -3.56. The predicted octanol–water partition coefficient (Wildman–Crippen LogP) is 2.95. The summed E-state index contributed by atoms with van der Waals surface area (Å²) in [5, 5.41) is 4.78. The third kappa shape index (κ3) is 4.24. The van der Waals surface area contributed by atoms with Crippen molar-refractivity contribution in [3.8, 4) is 0 Å². The summed E-state index contributed by atoms with van der Waals surface area (Å²) in [4.78, 5) is 46.8. The highest BCUT2D eigenvalue weighted by atomic mass is 32.1. The Kier molecular flexibility index (Phi) is 5.89. The third-order valence-corrected chi connectivity index (χ3v) is 6.53. The first-order chi connectivity index (χ1) is 16.1. The Bertz CT molecular complexity index is 1190. The lowest BCUT2D eigenvalue weighted by atomic mass is 10.0. The fourth-order valence-corrected chi connectivity index (χ4v) is 4.81. The fraction of sp³-hybridized carbons (Fsp3) is 0.250. The molecule has 0 aliphatic carbocycles. The van der Waals surface area contributed by atoms with Crippen molar-refractivity contribution in [2.24, 2.45) is 0 Å². The van der Waals surface area contributed by atoms with E-state index in [-0.39, 0.29) is 23.4 Å². The van der Waals surface area contributed by atoms with Gasteiger partial charge >= 0.3 is 0 Å². The molecular weight excluding hydrogens is 440 g/mol. The molecule has 168 valence electrons. The van der Waals surface area contributed by atoms with Crippen LogP contribution in [0, 0.1) is 0 Å². The maximum Gasteiger partial charge on any atom is 0.273 e. The van der Waals surface area contributed by atoms with Crippen LogP contribution in [0.2, 0.25) is 0 Å². The number of fused-ring (bicyclic) bond motifs is 1. The molecule has 1 fully saturated rings. The molecule has 0 radical (unpaired) electrons. The van der Waals surface area contributed by atoms with Gasteiger partial charge in [-0.3, -0.25) is 19.7 Å². The number of nitrogens with zero attached hydrogens (tertiary/aromatic N) is 3. The van der Waals surface area contributed by atoms with Gasteiger partial charge in [-0.1, -0.05) is 48.5 Å². The SMILES string of the molecule is O=C(Nc1nc(C(=O)N2CCOCC2)cs1)C(c1ccccc1)N1Cc2ccccc2C1=O. The first-order valence-electron chi connectivity index (χ1n) is 10.7. The molecule has 8 nitrogen and oxygen atoms in total. The summed E-state index contributed by atoms with van der Waals surface area (Å²) >= 11 is 1.19. The summed E-state index contributed by atoms with van der Waals surface area (Å²) in [6, 6.07) is 15.8. The van der Waals surface area contributed by atoms with Crippen LogP contribution < -0.4 is 5.32 Å². The summed E-state index contributed by atoms with van der Waals surface area (Å²) in [5.41, 5.74) is 2.50. The number of benzene rings is 2. The molecule has 2 aliphatic heterocycles. The number of carbonyl (C=O) groups excluding carboxylic acids is 3. The van der Waals surface area contributed by atoms with Crippen LogP contribution in [-0.2, 0) is 16.1 Å². The van der Waals surface area contributed by atoms with E-state index in [1.165, 1.54) is 11.3 Å². The number of rotatable bonds is 5. The number of carbonyl (C=O) groups is 3. The number of hydrogen-bond acceptors (Lipinski definition) is 6. The second kappa shape index (κ2) is 9.13. The molecule has 9 heteroatoms. The van der Waals surface area contributed by atoms with Crippen LogP contribution in [0.1, 0.15) is 38.0 Å². The highest BCUT2D eigenvalue weighted by Gasteiger charge is 2.37. The lowest BCUT2D eigenvalue weighted by molar-refractivity contribution is -0.120. The standard InChI is InChI=1S/C24H22N4O4S/c29-21(26-24-25-19(15-33-24)23(31)27-10-12-32-13-11-27)20(16-6-2-1-3-7-16)28-14-17-8-4-5-9-18(17)22(28)30/h1-9,15,20H,10-14H2,(H,25,26,29). The van der Waals surface area contributed by atoms with E-state index >= 15 is 0 Å². The number of ether oxygens (including phenoxy) is 1. The molecule has 1 N–H and O–H groups in total. The Morgan fingerprint density at radius 2 is 1.76 bits per heavy atom. The zero-order valence-electron chi connectivity index (χ0n) is 17.8. The van der Waals surface area contributed by atoms with Gasteiger partial charge in [-0.15, -0.1) is 11.3 Å². The average molecular weight is 463 g/mol. The monoisotopic (exact) mass is 462 g/mol. The number of morpholine rings is 1. The van der Waals surface area contributed by atoms with Crippen LogP contribution in [0.25, 0.3) is 0 Å². The Morgan fingerprint density at radius 3 is 2.52 bits per heavy atom. The van der Waals surface area contributed by atoms with E-state index in [0.717, 1.165) is 5.56 Å². The normalized spacial score (nSPS) is 16.4. The van der Waals surface area contributed by atoms with E-state index < -0.39 is 6.04 Å². The highest BCUT2D eigenvalue weighted by molar-refractivity contribution is 7.14. The Morgan fingerprint density at radius 1 is 1.03 bits per heavy atom. The summed E-state index contributed by atoms with van der Waals surface area (Å²) in [6.07, 6.45) is 0. The van der Waals surface area contributed by atoms with Gasteiger partial charge in [0.05, 0.1) is 13.2 Å². The number of aromatic nitrogens is 1. The molecule has 2 aromatic carbocycles. The van der Waals surface area contributed by atoms with Crippen molar-refractivity contribution in [3.05, 3.63) is 82.4 Å². The van der Waals surface area contributed by atoms with Gasteiger partial charge in [0.15, 0.2) is 5.13 Å². The zero-order chi connectivity index (χ0) is 22.8. The quantitative estimate of drug-likeness (QED) is 0.630. The van der Waals surface area contributed by atoms with Gasteiger partial charge in [-0.05, 0) is 17.2 Å².